The van der Waals surface area contributed by atoms with E-state index in [0.717, 1.165) is 48.5 Å². The number of carboxylic acid groups (broad SMARTS) is 2. The van der Waals surface area contributed by atoms with Gasteiger partial charge in [-0.25, -0.2) is 15.4 Å². The van der Waals surface area contributed by atoms with Crippen molar-refractivity contribution in [1.82, 2.24) is 15.9 Å². The standard InChI is InChI=1S/C17H12F6N6O4/c18-25-15(27(20)24)17(16(26-19)28(21)29(22)23,11-5-1-9(2-6-11)13(30)31)12-7-3-10(4-8-12)14(32)33/h1-8H,24H2,(H,30,31)(H,32,33). The van der Waals surface area contributed by atoms with Crippen LogP contribution < -0.4 is 5.84 Å². The van der Waals surface area contributed by atoms with Gasteiger partial charge in [-0.2, -0.15) is 0 Å². The van der Waals surface area contributed by atoms with Crippen LogP contribution in [0.2, 0.25) is 0 Å². The molecule has 0 bridgehead atoms. The highest BCUT2D eigenvalue weighted by molar-refractivity contribution is 6.17. The Balaban J connectivity index is 3.04. The smallest absolute Gasteiger partial charge is 0.335 e. The van der Waals surface area contributed by atoms with Crippen LogP contribution in [0, 0.1) is 0 Å². The summed E-state index contributed by atoms with van der Waals surface area (Å²) in [6.45, 7) is 0. The van der Waals surface area contributed by atoms with Gasteiger partial charge in [0.2, 0.25) is 11.7 Å². The molecule has 33 heavy (non-hydrogen) atoms. The van der Waals surface area contributed by atoms with Gasteiger partial charge in [-0.3, -0.25) is 0 Å². The molecule has 0 atom stereocenters. The van der Waals surface area contributed by atoms with Gasteiger partial charge >= 0.3 is 11.9 Å². The first-order valence-electron chi connectivity index (χ1n) is 8.37. The number of hydrogen-bond acceptors (Lipinski definition) is 6. The zero-order valence-corrected chi connectivity index (χ0v) is 15.9. The quantitative estimate of drug-likeness (QED) is 0.138. The van der Waals surface area contributed by atoms with Gasteiger partial charge in [-0.1, -0.05) is 66.8 Å². The minimum Gasteiger partial charge on any atom is -0.478 e. The molecule has 0 saturated heterocycles. The fourth-order valence-electron chi connectivity index (χ4n) is 3.07. The lowest BCUT2D eigenvalue weighted by Gasteiger charge is -2.37. The summed E-state index contributed by atoms with van der Waals surface area (Å²) in [7, 11) is 0. The zero-order chi connectivity index (χ0) is 24.9. The van der Waals surface area contributed by atoms with Crippen LogP contribution in [0.3, 0.4) is 0 Å². The molecule has 0 fully saturated rings. The monoisotopic (exact) mass is 478 g/mol. The number of amidine groups is 2. The van der Waals surface area contributed by atoms with E-state index in [2.05, 4.69) is 0 Å². The second-order valence-corrected chi connectivity index (χ2v) is 6.12. The Hall–Kier alpha value is -4.18. The normalized spacial score (nSPS) is 12.6. The maximum Gasteiger partial charge on any atom is 0.335 e. The van der Waals surface area contributed by atoms with E-state index in [1.807, 2.05) is 10.4 Å². The zero-order valence-electron chi connectivity index (χ0n) is 15.9. The molecule has 0 radical (unpaired) electrons. The van der Waals surface area contributed by atoms with Gasteiger partial charge in [0.25, 0.3) is 0 Å². The number of nitrogens with two attached hydrogens (primary N) is 1. The Morgan fingerprint density at radius 1 is 0.758 bits per heavy atom. The number of hydrogen-bond donors (Lipinski definition) is 3. The Kier molecular flexibility index (Phi) is 7.57. The number of hydrazine groups is 2. The summed E-state index contributed by atoms with van der Waals surface area (Å²) in [5.41, 5.74) is -7.57. The molecular weight excluding hydrogens is 466 g/mol. The largest absolute Gasteiger partial charge is 0.478 e. The van der Waals surface area contributed by atoms with Gasteiger partial charge in [0.15, 0.2) is 5.45 Å². The van der Waals surface area contributed by atoms with Gasteiger partial charge in [0, 0.05) is 0 Å². The van der Waals surface area contributed by atoms with Crippen LogP contribution in [0.1, 0.15) is 31.8 Å². The van der Waals surface area contributed by atoms with Crippen LogP contribution in [0.15, 0.2) is 59.0 Å². The highest BCUT2D eigenvalue weighted by Crippen LogP contribution is 2.39. The summed E-state index contributed by atoms with van der Waals surface area (Å²) >= 11 is 0. The van der Waals surface area contributed by atoms with E-state index in [9.17, 15) is 36.5 Å². The maximum atomic E-state index is 14.3. The van der Waals surface area contributed by atoms with Crippen LogP contribution >= 0.6 is 0 Å². The van der Waals surface area contributed by atoms with E-state index in [0.29, 0.717) is 0 Å². The van der Waals surface area contributed by atoms with Crippen molar-refractivity contribution in [1.29, 1.82) is 0 Å². The molecule has 0 unspecified atom stereocenters. The van der Waals surface area contributed by atoms with Crippen molar-refractivity contribution in [3.05, 3.63) is 70.8 Å². The molecule has 0 aliphatic carbocycles. The van der Waals surface area contributed by atoms with Gasteiger partial charge in [0.05, 0.1) is 11.1 Å². The van der Waals surface area contributed by atoms with Crippen molar-refractivity contribution in [2.24, 2.45) is 16.3 Å². The second-order valence-electron chi connectivity index (χ2n) is 6.12. The Bertz CT molecular complexity index is 1020. The number of carbonyl (C=O) groups is 2. The summed E-state index contributed by atoms with van der Waals surface area (Å²) in [6, 6.07) is 6.43. The summed E-state index contributed by atoms with van der Waals surface area (Å²) in [6.07, 6.45) is 0. The van der Waals surface area contributed by atoms with Crippen molar-refractivity contribution in [3.63, 3.8) is 0 Å². The van der Waals surface area contributed by atoms with Crippen molar-refractivity contribution in [2.75, 3.05) is 0 Å². The SMILES string of the molecule is NN(F)C(=NF)C(C(=NF)N(F)N(F)F)(c1ccc(C(=O)O)cc1)c1ccc(C(=O)O)cc1. The predicted molar refractivity (Wildman–Crippen MR) is 98.8 cm³/mol. The minimum absolute atomic E-state index is 0.397. The minimum atomic E-state index is -3.17. The molecule has 2 aromatic rings. The van der Waals surface area contributed by atoms with Crippen molar-refractivity contribution in [2.45, 2.75) is 5.41 Å². The molecular formula is C17H12F6N6O4. The molecule has 4 N–H and O–H groups in total. The topological polar surface area (TPSA) is 135 Å². The molecule has 0 amide bonds. The Morgan fingerprint density at radius 2 is 1.12 bits per heavy atom. The highest BCUT2D eigenvalue weighted by atomic mass is 19.4. The van der Waals surface area contributed by atoms with Crippen LogP contribution in [-0.4, -0.2) is 49.7 Å². The fourth-order valence-corrected chi connectivity index (χ4v) is 3.07. The lowest BCUT2D eigenvalue weighted by atomic mass is 9.71. The molecule has 0 aliphatic rings. The Labute approximate surface area is 179 Å². The van der Waals surface area contributed by atoms with Crippen molar-refractivity contribution in [3.8, 4) is 0 Å². The predicted octanol–water partition coefficient (Wildman–Crippen LogP) is 3.17. The molecule has 2 rings (SSSR count). The van der Waals surface area contributed by atoms with E-state index in [1.54, 1.807) is 0 Å². The van der Waals surface area contributed by atoms with E-state index < -0.39 is 67.2 Å². The van der Waals surface area contributed by atoms with Crippen LogP contribution in [0.5, 0.6) is 0 Å². The van der Waals surface area contributed by atoms with Crippen molar-refractivity contribution < 1.29 is 46.7 Å². The molecule has 0 aromatic heterocycles. The lowest BCUT2D eigenvalue weighted by molar-refractivity contribution is -0.335. The van der Waals surface area contributed by atoms with Crippen molar-refractivity contribution >= 4 is 23.6 Å². The summed E-state index contributed by atoms with van der Waals surface area (Å²) in [4.78, 5) is 22.3. The van der Waals surface area contributed by atoms with Gasteiger partial charge in [-0.05, 0) is 35.4 Å². The van der Waals surface area contributed by atoms with Gasteiger partial charge in [-0.15, -0.1) is 5.23 Å². The number of nitrogens with zero attached hydrogens (tertiary/aromatic N) is 5. The molecule has 0 aliphatic heterocycles. The first kappa shape index (κ1) is 25.1. The third-order valence-electron chi connectivity index (χ3n) is 4.47. The van der Waals surface area contributed by atoms with E-state index in [1.165, 1.54) is 0 Å². The first-order valence-corrected chi connectivity index (χ1v) is 8.37. The van der Waals surface area contributed by atoms with Crippen LogP contribution in [0.25, 0.3) is 0 Å². The van der Waals surface area contributed by atoms with E-state index in [-0.39, 0.29) is 0 Å². The molecule has 0 saturated carbocycles. The number of aromatic carboxylic acids is 2. The summed E-state index contributed by atoms with van der Waals surface area (Å²) < 4.78 is 81.9. The molecule has 10 nitrogen and oxygen atoms in total. The van der Waals surface area contributed by atoms with E-state index in [4.69, 9.17) is 16.1 Å². The number of rotatable bonds is 7. The second kappa shape index (κ2) is 9.96. The van der Waals surface area contributed by atoms with E-state index >= 15 is 0 Å². The average Bonchev–Trinajstić information content (AvgIpc) is 2.78. The number of benzene rings is 2. The third-order valence-corrected chi connectivity index (χ3v) is 4.47. The van der Waals surface area contributed by atoms with Gasteiger partial charge in [0.1, 0.15) is 5.41 Å². The van der Waals surface area contributed by atoms with Crippen LogP contribution in [0.4, 0.5) is 26.9 Å². The molecule has 0 spiro atoms. The average molecular weight is 478 g/mol. The summed E-state index contributed by atoms with van der Waals surface area (Å²) in [5, 5.41) is 19.3. The molecule has 176 valence electrons. The molecule has 16 heteroatoms. The summed E-state index contributed by atoms with van der Waals surface area (Å²) in [5.74, 6) is -1.76. The number of carboxylic acids is 2. The maximum absolute atomic E-state index is 14.3. The number of halogens is 6. The lowest BCUT2D eigenvalue weighted by Crippen LogP contribution is -2.57. The highest BCUT2D eigenvalue weighted by Gasteiger charge is 2.53. The van der Waals surface area contributed by atoms with Gasteiger partial charge < -0.3 is 10.2 Å². The van der Waals surface area contributed by atoms with Crippen LogP contribution in [-0.2, 0) is 5.41 Å². The fraction of sp³-hybridized carbons (Fsp3) is 0.0588. The third kappa shape index (κ3) is 4.55. The molecule has 0 heterocycles. The first-order chi connectivity index (χ1) is 15.5. The Morgan fingerprint density at radius 3 is 1.36 bits per heavy atom. The molecule has 2 aromatic carbocycles.